The highest BCUT2D eigenvalue weighted by molar-refractivity contribution is 5.68. The fourth-order valence-corrected chi connectivity index (χ4v) is 1.97. The monoisotopic (exact) mass is 228 g/mol. The molecule has 1 amide bonds. The van der Waals surface area contributed by atoms with E-state index < -0.39 is 5.60 Å². The van der Waals surface area contributed by atoms with Gasteiger partial charge in [0.25, 0.3) is 0 Å². The van der Waals surface area contributed by atoms with Crippen LogP contribution in [0.5, 0.6) is 0 Å². The molecule has 1 saturated heterocycles. The highest BCUT2D eigenvalue weighted by atomic mass is 16.6. The van der Waals surface area contributed by atoms with Crippen molar-refractivity contribution < 1.29 is 9.53 Å². The lowest BCUT2D eigenvalue weighted by Gasteiger charge is -2.24. The third-order valence-electron chi connectivity index (χ3n) is 2.75. The average Bonchev–Trinajstić information content (AvgIpc) is 2.60. The molecule has 0 bridgehead atoms. The molecule has 1 aliphatic rings. The van der Waals surface area contributed by atoms with Crippen LogP contribution in [0, 0.1) is 5.92 Å². The maximum atomic E-state index is 11.8. The average molecular weight is 228 g/mol. The minimum absolute atomic E-state index is 0.178. The van der Waals surface area contributed by atoms with E-state index in [9.17, 15) is 4.79 Å². The van der Waals surface area contributed by atoms with Crippen LogP contribution >= 0.6 is 0 Å². The molecule has 0 saturated carbocycles. The Morgan fingerprint density at radius 1 is 1.50 bits per heavy atom. The van der Waals surface area contributed by atoms with Crippen LogP contribution in [0.15, 0.2) is 0 Å². The largest absolute Gasteiger partial charge is 0.444 e. The Balaban J connectivity index is 2.32. The minimum Gasteiger partial charge on any atom is -0.444 e. The van der Waals surface area contributed by atoms with Crippen LogP contribution in [0.3, 0.4) is 0 Å². The van der Waals surface area contributed by atoms with E-state index in [0.29, 0.717) is 5.92 Å². The summed E-state index contributed by atoms with van der Waals surface area (Å²) in [5.41, 5.74) is 5.08. The van der Waals surface area contributed by atoms with E-state index >= 15 is 0 Å². The van der Waals surface area contributed by atoms with Crippen LogP contribution in [0.2, 0.25) is 0 Å². The highest BCUT2D eigenvalue weighted by Crippen LogP contribution is 2.22. The van der Waals surface area contributed by atoms with Crippen molar-refractivity contribution in [3.05, 3.63) is 0 Å². The molecule has 16 heavy (non-hydrogen) atoms. The summed E-state index contributed by atoms with van der Waals surface area (Å²) in [5.74, 6) is 0.607. The SMILES string of the molecule is CC(C)(C)OC(=O)N1CCC(CCCN)C1. The summed E-state index contributed by atoms with van der Waals surface area (Å²) in [5, 5.41) is 0. The summed E-state index contributed by atoms with van der Waals surface area (Å²) in [6.07, 6.45) is 3.07. The smallest absolute Gasteiger partial charge is 0.410 e. The molecule has 0 radical (unpaired) electrons. The standard InChI is InChI=1S/C12H24N2O2/c1-12(2,3)16-11(15)14-8-6-10(9-14)5-4-7-13/h10H,4-9,13H2,1-3H3. The molecule has 0 spiro atoms. The van der Waals surface area contributed by atoms with Crippen molar-refractivity contribution in [2.45, 2.75) is 45.6 Å². The van der Waals surface area contributed by atoms with Gasteiger partial charge in [-0.3, -0.25) is 0 Å². The van der Waals surface area contributed by atoms with Gasteiger partial charge in [-0.1, -0.05) is 0 Å². The van der Waals surface area contributed by atoms with Gasteiger partial charge in [0.1, 0.15) is 5.60 Å². The summed E-state index contributed by atoms with van der Waals surface area (Å²) >= 11 is 0. The number of nitrogens with zero attached hydrogens (tertiary/aromatic N) is 1. The zero-order valence-corrected chi connectivity index (χ0v) is 10.7. The molecule has 94 valence electrons. The first-order valence-corrected chi connectivity index (χ1v) is 6.10. The lowest BCUT2D eigenvalue weighted by atomic mass is 10.0. The Labute approximate surface area is 98.1 Å². The minimum atomic E-state index is -0.396. The number of nitrogens with two attached hydrogens (primary N) is 1. The molecule has 0 aromatic carbocycles. The lowest BCUT2D eigenvalue weighted by molar-refractivity contribution is 0.0287. The van der Waals surface area contributed by atoms with E-state index in [1.165, 1.54) is 0 Å². The van der Waals surface area contributed by atoms with Crippen LogP contribution in [0.4, 0.5) is 4.79 Å². The van der Waals surface area contributed by atoms with Crippen LogP contribution in [-0.4, -0.2) is 36.2 Å². The van der Waals surface area contributed by atoms with Gasteiger partial charge in [0, 0.05) is 13.1 Å². The van der Waals surface area contributed by atoms with Crippen LogP contribution < -0.4 is 5.73 Å². The van der Waals surface area contributed by atoms with Crippen molar-refractivity contribution in [1.29, 1.82) is 0 Å². The zero-order valence-electron chi connectivity index (χ0n) is 10.7. The van der Waals surface area contributed by atoms with Gasteiger partial charge in [0.05, 0.1) is 0 Å². The molecule has 0 aromatic rings. The molecule has 1 atom stereocenters. The Kier molecular flexibility index (Phi) is 4.59. The van der Waals surface area contributed by atoms with Crippen molar-refractivity contribution in [3.63, 3.8) is 0 Å². The van der Waals surface area contributed by atoms with E-state index in [1.807, 2.05) is 25.7 Å². The second-order valence-corrected chi connectivity index (χ2v) is 5.51. The topological polar surface area (TPSA) is 55.6 Å². The van der Waals surface area contributed by atoms with Crippen molar-refractivity contribution >= 4 is 6.09 Å². The zero-order chi connectivity index (χ0) is 12.2. The summed E-state index contributed by atoms with van der Waals surface area (Å²) in [4.78, 5) is 13.6. The quantitative estimate of drug-likeness (QED) is 0.803. The number of rotatable bonds is 3. The van der Waals surface area contributed by atoms with Gasteiger partial charge in [-0.15, -0.1) is 0 Å². The number of hydrogen-bond acceptors (Lipinski definition) is 3. The maximum Gasteiger partial charge on any atom is 0.410 e. The van der Waals surface area contributed by atoms with Gasteiger partial charge in [0.15, 0.2) is 0 Å². The second-order valence-electron chi connectivity index (χ2n) is 5.51. The summed E-state index contributed by atoms with van der Waals surface area (Å²) in [6, 6.07) is 0. The Morgan fingerprint density at radius 2 is 2.19 bits per heavy atom. The Hall–Kier alpha value is -0.770. The third-order valence-corrected chi connectivity index (χ3v) is 2.75. The van der Waals surface area contributed by atoms with Gasteiger partial charge < -0.3 is 15.4 Å². The van der Waals surface area contributed by atoms with Gasteiger partial charge in [-0.2, -0.15) is 0 Å². The van der Waals surface area contributed by atoms with Gasteiger partial charge in [-0.25, -0.2) is 4.79 Å². The molecule has 1 fully saturated rings. The first-order chi connectivity index (χ1) is 7.42. The maximum absolute atomic E-state index is 11.8. The van der Waals surface area contributed by atoms with Crippen LogP contribution in [0.1, 0.15) is 40.0 Å². The second kappa shape index (κ2) is 5.53. The third kappa shape index (κ3) is 4.39. The lowest BCUT2D eigenvalue weighted by Crippen LogP contribution is -2.35. The summed E-state index contributed by atoms with van der Waals surface area (Å²) in [6.45, 7) is 8.08. The van der Waals surface area contributed by atoms with E-state index in [1.54, 1.807) is 0 Å². The van der Waals surface area contributed by atoms with Gasteiger partial charge >= 0.3 is 6.09 Å². The van der Waals surface area contributed by atoms with Crippen molar-refractivity contribution in [2.24, 2.45) is 11.7 Å². The first-order valence-electron chi connectivity index (χ1n) is 6.10. The van der Waals surface area contributed by atoms with E-state index in [-0.39, 0.29) is 6.09 Å². The molecule has 0 aromatic heterocycles. The Bertz CT molecular complexity index is 236. The normalized spacial score (nSPS) is 21.2. The molecule has 1 rings (SSSR count). The van der Waals surface area contributed by atoms with E-state index in [4.69, 9.17) is 10.5 Å². The highest BCUT2D eigenvalue weighted by Gasteiger charge is 2.29. The molecule has 1 aliphatic heterocycles. The molecular formula is C12H24N2O2. The number of likely N-dealkylation sites (tertiary alicyclic amines) is 1. The number of amides is 1. The fourth-order valence-electron chi connectivity index (χ4n) is 1.97. The predicted octanol–water partition coefficient (Wildman–Crippen LogP) is 1.98. The molecule has 0 aliphatic carbocycles. The van der Waals surface area contributed by atoms with Gasteiger partial charge in [0.2, 0.25) is 0 Å². The fraction of sp³-hybridized carbons (Fsp3) is 0.917. The predicted molar refractivity (Wildman–Crippen MR) is 64.2 cm³/mol. The van der Waals surface area contributed by atoms with E-state index in [0.717, 1.165) is 38.9 Å². The number of carbonyl (C=O) groups is 1. The number of hydrogen-bond donors (Lipinski definition) is 1. The summed E-state index contributed by atoms with van der Waals surface area (Å²) in [7, 11) is 0. The van der Waals surface area contributed by atoms with E-state index in [2.05, 4.69) is 0 Å². The molecule has 4 heteroatoms. The van der Waals surface area contributed by atoms with Crippen molar-refractivity contribution in [2.75, 3.05) is 19.6 Å². The molecule has 1 unspecified atom stereocenters. The van der Waals surface area contributed by atoms with Crippen molar-refractivity contribution in [3.8, 4) is 0 Å². The summed E-state index contributed by atoms with van der Waals surface area (Å²) < 4.78 is 5.34. The van der Waals surface area contributed by atoms with Gasteiger partial charge in [-0.05, 0) is 52.5 Å². The molecule has 4 nitrogen and oxygen atoms in total. The molecule has 2 N–H and O–H groups in total. The number of carbonyl (C=O) groups excluding carboxylic acids is 1. The van der Waals surface area contributed by atoms with Crippen LogP contribution in [-0.2, 0) is 4.74 Å². The Morgan fingerprint density at radius 3 is 2.75 bits per heavy atom. The van der Waals surface area contributed by atoms with Crippen LogP contribution in [0.25, 0.3) is 0 Å². The number of ether oxygens (including phenoxy) is 1. The molecular weight excluding hydrogens is 204 g/mol. The molecule has 1 heterocycles. The van der Waals surface area contributed by atoms with Crippen molar-refractivity contribution in [1.82, 2.24) is 4.90 Å². The first kappa shape index (κ1) is 13.3.